The zero-order valence-corrected chi connectivity index (χ0v) is 18.9. The average molecular weight is 448 g/mol. The van der Waals surface area contributed by atoms with Gasteiger partial charge in [-0.3, -0.25) is 14.9 Å². The Balaban J connectivity index is 1.66. The lowest BCUT2D eigenvalue weighted by Crippen LogP contribution is -2.48. The molecule has 0 aromatic heterocycles. The molecule has 2 N–H and O–H groups in total. The van der Waals surface area contributed by atoms with Gasteiger partial charge in [-0.2, -0.15) is 0 Å². The number of likely N-dealkylation sites (tertiary alicyclic amines) is 1. The van der Waals surface area contributed by atoms with Crippen LogP contribution in [0.15, 0.2) is 29.2 Å². The number of urea groups is 1. The monoisotopic (exact) mass is 447 g/mol. The van der Waals surface area contributed by atoms with Crippen LogP contribution < -0.4 is 10.6 Å². The molecule has 4 amide bonds. The summed E-state index contributed by atoms with van der Waals surface area (Å²) in [6.45, 7) is 5.99. The molecule has 3 rings (SSSR count). The molecule has 168 valence electrons. The highest BCUT2D eigenvalue weighted by Gasteiger charge is 2.42. The molecule has 0 spiro atoms. The number of benzene rings is 1. The van der Waals surface area contributed by atoms with E-state index in [1.54, 1.807) is 38.1 Å². The summed E-state index contributed by atoms with van der Waals surface area (Å²) in [6.07, 6.45) is 3.05. The molecular formula is C22H29N3O5S. The highest BCUT2D eigenvalue weighted by Crippen LogP contribution is 2.28. The fourth-order valence-electron chi connectivity index (χ4n) is 3.89. The standard InChI is InChI=1S/C22H29N3O5S/c1-4-15-9-7-8-12-25(15)18(26)14(2)30-19(27)16-10-5-6-11-17(16)31-13-22(3)20(28)23-21(29)24-22/h5-6,10-11,14-15H,4,7-9,12-13H2,1-3H3,(H2,23,24,28,29)/t14-,15-,22+/m1/s1. The summed E-state index contributed by atoms with van der Waals surface area (Å²) < 4.78 is 5.53. The van der Waals surface area contributed by atoms with Crippen molar-refractivity contribution in [2.24, 2.45) is 0 Å². The number of carbonyl (C=O) groups is 4. The molecule has 0 saturated carbocycles. The Kier molecular flexibility index (Phi) is 7.25. The number of rotatable bonds is 7. The van der Waals surface area contributed by atoms with Crippen LogP contribution in [0.4, 0.5) is 4.79 Å². The van der Waals surface area contributed by atoms with Crippen molar-refractivity contribution < 1.29 is 23.9 Å². The van der Waals surface area contributed by atoms with E-state index in [2.05, 4.69) is 17.6 Å². The van der Waals surface area contributed by atoms with Crippen LogP contribution in [0.5, 0.6) is 0 Å². The van der Waals surface area contributed by atoms with Crippen LogP contribution in [0.1, 0.15) is 56.8 Å². The van der Waals surface area contributed by atoms with E-state index in [4.69, 9.17) is 4.74 Å². The van der Waals surface area contributed by atoms with E-state index < -0.39 is 29.6 Å². The number of imide groups is 1. The van der Waals surface area contributed by atoms with Crippen LogP contribution in [0.3, 0.4) is 0 Å². The second-order valence-electron chi connectivity index (χ2n) is 8.16. The second-order valence-corrected chi connectivity index (χ2v) is 9.18. The van der Waals surface area contributed by atoms with Gasteiger partial charge in [-0.25, -0.2) is 9.59 Å². The third kappa shape index (κ3) is 5.20. The van der Waals surface area contributed by atoms with Gasteiger partial charge in [-0.15, -0.1) is 11.8 Å². The van der Waals surface area contributed by atoms with Crippen molar-refractivity contribution in [3.63, 3.8) is 0 Å². The van der Waals surface area contributed by atoms with Crippen LogP contribution in [-0.2, 0) is 14.3 Å². The summed E-state index contributed by atoms with van der Waals surface area (Å²) in [5.74, 6) is -0.909. The summed E-state index contributed by atoms with van der Waals surface area (Å²) in [5.41, 5.74) is -0.739. The molecule has 0 radical (unpaired) electrons. The van der Waals surface area contributed by atoms with Crippen molar-refractivity contribution >= 4 is 35.6 Å². The predicted octanol–water partition coefficient (Wildman–Crippen LogP) is 2.71. The topological polar surface area (TPSA) is 105 Å². The summed E-state index contributed by atoms with van der Waals surface area (Å²) in [7, 11) is 0. The molecule has 2 saturated heterocycles. The molecule has 3 atom stereocenters. The van der Waals surface area contributed by atoms with E-state index in [1.165, 1.54) is 11.8 Å². The van der Waals surface area contributed by atoms with Crippen LogP contribution >= 0.6 is 11.8 Å². The molecule has 1 aromatic rings. The number of thioether (sulfide) groups is 1. The Hall–Kier alpha value is -2.55. The Labute approximate surface area is 186 Å². The van der Waals surface area contributed by atoms with E-state index >= 15 is 0 Å². The minimum Gasteiger partial charge on any atom is -0.449 e. The number of ether oxygens (including phenoxy) is 1. The maximum atomic E-state index is 12.9. The number of hydrogen-bond donors (Lipinski definition) is 2. The van der Waals surface area contributed by atoms with E-state index in [0.717, 1.165) is 25.7 Å². The van der Waals surface area contributed by atoms with Gasteiger partial charge in [0.05, 0.1) is 5.56 Å². The zero-order valence-electron chi connectivity index (χ0n) is 18.1. The average Bonchev–Trinajstić information content (AvgIpc) is 3.03. The Morgan fingerprint density at radius 1 is 1.29 bits per heavy atom. The van der Waals surface area contributed by atoms with Crippen molar-refractivity contribution in [3.8, 4) is 0 Å². The molecule has 1 aromatic carbocycles. The second kappa shape index (κ2) is 9.72. The number of esters is 1. The van der Waals surface area contributed by atoms with E-state index in [9.17, 15) is 19.2 Å². The molecule has 2 aliphatic rings. The van der Waals surface area contributed by atoms with Crippen LogP contribution in [-0.4, -0.2) is 58.7 Å². The van der Waals surface area contributed by atoms with Gasteiger partial charge in [-0.1, -0.05) is 19.1 Å². The first-order valence-electron chi connectivity index (χ1n) is 10.6. The molecule has 8 nitrogen and oxygen atoms in total. The summed E-state index contributed by atoms with van der Waals surface area (Å²) in [4.78, 5) is 51.7. The van der Waals surface area contributed by atoms with Crippen LogP contribution in [0.2, 0.25) is 0 Å². The van der Waals surface area contributed by atoms with Gasteiger partial charge in [0.2, 0.25) is 0 Å². The fourth-order valence-corrected chi connectivity index (χ4v) is 5.02. The number of nitrogens with zero attached hydrogens (tertiary/aromatic N) is 1. The number of hydrogen-bond acceptors (Lipinski definition) is 6. The summed E-state index contributed by atoms with van der Waals surface area (Å²) in [6, 6.07) is 6.55. The molecule has 2 fully saturated rings. The minimum absolute atomic E-state index is 0.164. The van der Waals surface area contributed by atoms with Gasteiger partial charge in [0, 0.05) is 23.2 Å². The number of piperidine rings is 1. The first-order chi connectivity index (χ1) is 14.7. The number of nitrogens with one attached hydrogen (secondary N) is 2. The Bertz CT molecular complexity index is 876. The van der Waals surface area contributed by atoms with E-state index in [0.29, 0.717) is 17.0 Å². The Morgan fingerprint density at radius 3 is 2.71 bits per heavy atom. The number of amides is 4. The van der Waals surface area contributed by atoms with Crippen molar-refractivity contribution in [3.05, 3.63) is 29.8 Å². The molecule has 31 heavy (non-hydrogen) atoms. The van der Waals surface area contributed by atoms with Crippen molar-refractivity contribution in [1.82, 2.24) is 15.5 Å². The first-order valence-corrected chi connectivity index (χ1v) is 11.6. The largest absolute Gasteiger partial charge is 0.449 e. The van der Waals surface area contributed by atoms with Crippen molar-refractivity contribution in [2.75, 3.05) is 12.3 Å². The lowest BCUT2D eigenvalue weighted by Gasteiger charge is -2.36. The van der Waals surface area contributed by atoms with Crippen LogP contribution in [0, 0.1) is 0 Å². The minimum atomic E-state index is -1.06. The molecule has 0 aliphatic carbocycles. The first kappa shape index (κ1) is 23.1. The number of carbonyl (C=O) groups excluding carboxylic acids is 4. The normalized spacial score (nSPS) is 24.4. The van der Waals surface area contributed by atoms with Crippen molar-refractivity contribution in [2.45, 2.75) is 69.0 Å². The highest BCUT2D eigenvalue weighted by atomic mass is 32.2. The molecule has 2 heterocycles. The lowest BCUT2D eigenvalue weighted by molar-refractivity contribution is -0.143. The summed E-state index contributed by atoms with van der Waals surface area (Å²) in [5, 5.41) is 4.83. The summed E-state index contributed by atoms with van der Waals surface area (Å²) >= 11 is 1.27. The SMILES string of the molecule is CC[C@@H]1CCCCN1C(=O)[C@@H](C)OC(=O)c1ccccc1SC[C@]1(C)NC(=O)NC1=O. The zero-order chi connectivity index (χ0) is 22.6. The Morgan fingerprint density at radius 2 is 2.03 bits per heavy atom. The highest BCUT2D eigenvalue weighted by molar-refractivity contribution is 7.99. The fraction of sp³-hybridized carbons (Fsp3) is 0.545. The third-order valence-corrected chi connectivity index (χ3v) is 7.14. The lowest BCUT2D eigenvalue weighted by atomic mass is 9.99. The third-order valence-electron chi connectivity index (χ3n) is 5.75. The maximum Gasteiger partial charge on any atom is 0.340 e. The van der Waals surface area contributed by atoms with E-state index in [1.807, 2.05) is 4.90 Å². The molecule has 2 aliphatic heterocycles. The van der Waals surface area contributed by atoms with Crippen molar-refractivity contribution in [1.29, 1.82) is 0 Å². The molecular weight excluding hydrogens is 418 g/mol. The van der Waals surface area contributed by atoms with Crippen LogP contribution in [0.25, 0.3) is 0 Å². The predicted molar refractivity (Wildman–Crippen MR) is 117 cm³/mol. The van der Waals surface area contributed by atoms with Gasteiger partial charge in [-0.05, 0) is 51.7 Å². The van der Waals surface area contributed by atoms with Gasteiger partial charge in [0.15, 0.2) is 6.10 Å². The smallest absolute Gasteiger partial charge is 0.340 e. The quantitative estimate of drug-likeness (QED) is 0.378. The molecule has 0 unspecified atom stereocenters. The maximum absolute atomic E-state index is 12.9. The van der Waals surface area contributed by atoms with Gasteiger partial charge < -0.3 is 15.0 Å². The molecule has 0 bridgehead atoms. The van der Waals surface area contributed by atoms with Gasteiger partial charge >= 0.3 is 12.0 Å². The van der Waals surface area contributed by atoms with Gasteiger partial charge in [0.25, 0.3) is 11.8 Å². The van der Waals surface area contributed by atoms with Gasteiger partial charge in [0.1, 0.15) is 5.54 Å². The van der Waals surface area contributed by atoms with E-state index in [-0.39, 0.29) is 17.7 Å². The molecule has 9 heteroatoms.